The first-order valence-corrected chi connectivity index (χ1v) is 6.10. The Labute approximate surface area is 115 Å². The summed E-state index contributed by atoms with van der Waals surface area (Å²) in [6, 6.07) is 0. The maximum absolute atomic E-state index is 9.74. The monoisotopic (exact) mass is 258 g/mol. The number of aliphatic hydroxyl groups is 1. The second-order valence-corrected chi connectivity index (χ2v) is 3.46. The van der Waals surface area contributed by atoms with E-state index >= 15 is 0 Å². The van der Waals surface area contributed by atoms with Gasteiger partial charge in [0, 0.05) is 13.0 Å². The molecule has 0 unspecified atom stereocenters. The van der Waals surface area contributed by atoms with Crippen molar-refractivity contribution >= 4 is 6.29 Å². The molecule has 0 atom stereocenters. The lowest BCUT2D eigenvalue weighted by Crippen LogP contribution is -1.79. The topological polar surface area (TPSA) is 37.3 Å². The molecule has 0 aliphatic rings. The van der Waals surface area contributed by atoms with Crippen LogP contribution in [0.4, 0.5) is 0 Å². The molecule has 0 fully saturated rings. The number of unbranched alkanes of at least 4 members (excludes halogenated alkanes) is 4. The van der Waals surface area contributed by atoms with Gasteiger partial charge < -0.3 is 9.90 Å². The Morgan fingerprint density at radius 2 is 1.33 bits per heavy atom. The molecular formula is C16H34O2. The second kappa shape index (κ2) is 29.8. The average Bonchev–Trinajstić information content (AvgIpc) is 2.31. The molecule has 0 amide bonds. The molecule has 110 valence electrons. The summed E-state index contributed by atoms with van der Waals surface area (Å²) >= 11 is 0. The molecule has 18 heavy (non-hydrogen) atoms. The SMILES string of the molecule is C.C.C/C=C/CCCC=O.C/C=C/CCCCO. The lowest BCUT2D eigenvalue weighted by molar-refractivity contribution is -0.107. The van der Waals surface area contributed by atoms with Crippen LogP contribution in [0.15, 0.2) is 24.3 Å². The van der Waals surface area contributed by atoms with Gasteiger partial charge in [0.2, 0.25) is 0 Å². The first-order chi connectivity index (χ1) is 7.83. The van der Waals surface area contributed by atoms with Crippen LogP contribution in [0, 0.1) is 0 Å². The highest BCUT2D eigenvalue weighted by atomic mass is 16.2. The van der Waals surface area contributed by atoms with Crippen molar-refractivity contribution in [2.24, 2.45) is 0 Å². The molecule has 0 heterocycles. The Morgan fingerprint density at radius 1 is 0.833 bits per heavy atom. The van der Waals surface area contributed by atoms with Gasteiger partial charge in [0.15, 0.2) is 0 Å². The van der Waals surface area contributed by atoms with Crippen molar-refractivity contribution in [1.82, 2.24) is 0 Å². The van der Waals surface area contributed by atoms with E-state index in [1.165, 1.54) is 0 Å². The normalized spacial score (nSPS) is 9.28. The molecule has 0 aromatic rings. The van der Waals surface area contributed by atoms with Gasteiger partial charge in [0.25, 0.3) is 0 Å². The average molecular weight is 258 g/mol. The Kier molecular flexibility index (Phi) is 42.8. The number of hydrogen-bond acceptors (Lipinski definition) is 2. The quantitative estimate of drug-likeness (QED) is 0.381. The molecule has 0 saturated heterocycles. The zero-order chi connectivity index (χ0) is 12.5. The molecule has 2 nitrogen and oxygen atoms in total. The Hall–Kier alpha value is -0.890. The molecule has 0 radical (unpaired) electrons. The number of aliphatic hydroxyl groups excluding tert-OH is 1. The van der Waals surface area contributed by atoms with Crippen LogP contribution in [-0.2, 0) is 4.79 Å². The van der Waals surface area contributed by atoms with E-state index in [0.29, 0.717) is 13.0 Å². The van der Waals surface area contributed by atoms with Crippen molar-refractivity contribution < 1.29 is 9.90 Å². The van der Waals surface area contributed by atoms with Crippen LogP contribution in [-0.4, -0.2) is 18.0 Å². The summed E-state index contributed by atoms with van der Waals surface area (Å²) in [5.74, 6) is 0. The molecular weight excluding hydrogens is 224 g/mol. The summed E-state index contributed by atoms with van der Waals surface area (Å²) in [5.41, 5.74) is 0. The van der Waals surface area contributed by atoms with Gasteiger partial charge in [-0.1, -0.05) is 39.2 Å². The van der Waals surface area contributed by atoms with Gasteiger partial charge in [-0.05, 0) is 46.0 Å². The van der Waals surface area contributed by atoms with Crippen LogP contribution in [0.2, 0.25) is 0 Å². The standard InChI is InChI=1S/C7H14O.C7H12O.2CH4/c2*1-2-3-4-5-6-7-8;;/h2-3,8H,4-7H2,1H3;2-3,7H,4-6H2,1H3;2*1H4/b2*3-2+;;. The predicted octanol–water partition coefficient (Wildman–Crippen LogP) is 4.93. The largest absolute Gasteiger partial charge is 0.396 e. The maximum Gasteiger partial charge on any atom is 0.120 e. The predicted molar refractivity (Wildman–Crippen MR) is 83.9 cm³/mol. The fraction of sp³-hybridized carbons (Fsp3) is 0.688. The fourth-order valence-electron chi connectivity index (χ4n) is 1.03. The van der Waals surface area contributed by atoms with E-state index in [1.54, 1.807) is 0 Å². The highest BCUT2D eigenvalue weighted by molar-refractivity contribution is 5.48. The van der Waals surface area contributed by atoms with Gasteiger partial charge in [0.1, 0.15) is 6.29 Å². The summed E-state index contributed by atoms with van der Waals surface area (Å²) in [6.07, 6.45) is 15.1. The maximum atomic E-state index is 9.74. The summed E-state index contributed by atoms with van der Waals surface area (Å²) in [6.45, 7) is 4.33. The molecule has 0 bridgehead atoms. The van der Waals surface area contributed by atoms with E-state index in [1.807, 2.05) is 26.0 Å². The molecule has 1 N–H and O–H groups in total. The van der Waals surface area contributed by atoms with Gasteiger partial charge in [0.05, 0.1) is 0 Å². The third-order valence-corrected chi connectivity index (χ3v) is 1.94. The van der Waals surface area contributed by atoms with E-state index in [0.717, 1.165) is 38.4 Å². The van der Waals surface area contributed by atoms with Crippen molar-refractivity contribution in [3.63, 3.8) is 0 Å². The number of carbonyl (C=O) groups excluding carboxylic acids is 1. The van der Waals surface area contributed by atoms with Gasteiger partial charge in [-0.25, -0.2) is 0 Å². The van der Waals surface area contributed by atoms with Crippen molar-refractivity contribution in [3.05, 3.63) is 24.3 Å². The third-order valence-electron chi connectivity index (χ3n) is 1.94. The lowest BCUT2D eigenvalue weighted by atomic mass is 10.2. The molecule has 0 rings (SSSR count). The van der Waals surface area contributed by atoms with Crippen molar-refractivity contribution in [2.75, 3.05) is 6.61 Å². The minimum absolute atomic E-state index is 0. The molecule has 0 aliphatic carbocycles. The first kappa shape index (κ1) is 25.8. The van der Waals surface area contributed by atoms with Crippen molar-refractivity contribution in [3.8, 4) is 0 Å². The summed E-state index contributed by atoms with van der Waals surface area (Å²) in [4.78, 5) is 9.74. The lowest BCUT2D eigenvalue weighted by Gasteiger charge is -1.88. The van der Waals surface area contributed by atoms with Crippen LogP contribution >= 0.6 is 0 Å². The van der Waals surface area contributed by atoms with Crippen LogP contribution in [0.1, 0.15) is 67.2 Å². The number of aldehydes is 1. The minimum Gasteiger partial charge on any atom is -0.396 e. The van der Waals surface area contributed by atoms with E-state index < -0.39 is 0 Å². The van der Waals surface area contributed by atoms with Gasteiger partial charge in [-0.15, -0.1) is 0 Å². The van der Waals surface area contributed by atoms with Gasteiger partial charge >= 0.3 is 0 Å². The van der Waals surface area contributed by atoms with Crippen LogP contribution in [0.3, 0.4) is 0 Å². The van der Waals surface area contributed by atoms with E-state index in [4.69, 9.17) is 5.11 Å². The minimum atomic E-state index is 0. The zero-order valence-electron chi connectivity index (χ0n) is 10.7. The Bertz CT molecular complexity index is 172. The Balaban J connectivity index is -0.0000000980. The van der Waals surface area contributed by atoms with Crippen LogP contribution in [0.25, 0.3) is 0 Å². The molecule has 2 heteroatoms. The van der Waals surface area contributed by atoms with E-state index in [2.05, 4.69) is 12.2 Å². The van der Waals surface area contributed by atoms with Crippen molar-refractivity contribution in [2.45, 2.75) is 67.2 Å². The fourth-order valence-corrected chi connectivity index (χ4v) is 1.03. The molecule has 0 spiro atoms. The first-order valence-electron chi connectivity index (χ1n) is 6.10. The highest BCUT2D eigenvalue weighted by Gasteiger charge is 1.79. The van der Waals surface area contributed by atoms with Crippen molar-refractivity contribution in [1.29, 1.82) is 0 Å². The molecule has 0 saturated carbocycles. The second-order valence-electron chi connectivity index (χ2n) is 3.46. The number of allylic oxidation sites excluding steroid dienone is 4. The smallest absolute Gasteiger partial charge is 0.120 e. The summed E-state index contributed by atoms with van der Waals surface area (Å²) < 4.78 is 0. The molecule has 0 aromatic heterocycles. The Morgan fingerprint density at radius 3 is 1.72 bits per heavy atom. The van der Waals surface area contributed by atoms with Gasteiger partial charge in [-0.3, -0.25) is 0 Å². The van der Waals surface area contributed by atoms with E-state index in [9.17, 15) is 4.79 Å². The number of hydrogen-bond donors (Lipinski definition) is 1. The highest BCUT2D eigenvalue weighted by Crippen LogP contribution is 1.94. The summed E-state index contributed by atoms with van der Waals surface area (Å²) in [7, 11) is 0. The molecule has 0 aliphatic heterocycles. The number of rotatable bonds is 8. The van der Waals surface area contributed by atoms with E-state index in [-0.39, 0.29) is 14.9 Å². The summed E-state index contributed by atoms with van der Waals surface area (Å²) in [5, 5.41) is 8.34. The van der Waals surface area contributed by atoms with Crippen LogP contribution in [0.5, 0.6) is 0 Å². The molecule has 0 aromatic carbocycles. The number of carbonyl (C=O) groups is 1. The van der Waals surface area contributed by atoms with Crippen LogP contribution < -0.4 is 0 Å². The third kappa shape index (κ3) is 36.2. The zero-order valence-corrected chi connectivity index (χ0v) is 10.7. The van der Waals surface area contributed by atoms with Gasteiger partial charge in [-0.2, -0.15) is 0 Å².